The van der Waals surface area contributed by atoms with Crippen LogP contribution < -0.4 is 5.73 Å². The van der Waals surface area contributed by atoms with Gasteiger partial charge in [0.25, 0.3) is 0 Å². The van der Waals surface area contributed by atoms with Crippen molar-refractivity contribution in [3.63, 3.8) is 0 Å². The highest BCUT2D eigenvalue weighted by atomic mass is 16.5. The van der Waals surface area contributed by atoms with Crippen molar-refractivity contribution in [3.05, 3.63) is 35.7 Å². The normalized spacial score (nSPS) is 12.6. The van der Waals surface area contributed by atoms with E-state index >= 15 is 0 Å². The molecule has 2 aromatic rings. The van der Waals surface area contributed by atoms with Gasteiger partial charge in [-0.15, -0.1) is 0 Å². The summed E-state index contributed by atoms with van der Waals surface area (Å²) in [4.78, 5) is 4.37. The Morgan fingerprint density at radius 3 is 2.67 bits per heavy atom. The fraction of sp³-hybridized carbons (Fsp3) is 0.429. The number of benzene rings is 1. The third-order valence-corrected chi connectivity index (χ3v) is 2.87. The third kappa shape index (κ3) is 3.17. The van der Waals surface area contributed by atoms with Gasteiger partial charge in [0.2, 0.25) is 11.7 Å². The van der Waals surface area contributed by atoms with Crippen LogP contribution in [0.4, 0.5) is 0 Å². The maximum atomic E-state index is 5.96. The molecule has 0 spiro atoms. The Morgan fingerprint density at radius 2 is 2.00 bits per heavy atom. The second kappa shape index (κ2) is 5.78. The van der Waals surface area contributed by atoms with Gasteiger partial charge in [0.1, 0.15) is 0 Å². The molecule has 0 radical (unpaired) electrons. The number of aryl methyl sites for hydroxylation is 1. The quantitative estimate of drug-likeness (QED) is 0.879. The molecule has 96 valence electrons. The highest BCUT2D eigenvalue weighted by Crippen LogP contribution is 2.17. The zero-order chi connectivity index (χ0) is 13.0. The summed E-state index contributed by atoms with van der Waals surface area (Å²) in [6, 6.07) is 8.16. The van der Waals surface area contributed by atoms with Crippen LogP contribution in [0.25, 0.3) is 11.4 Å². The largest absolute Gasteiger partial charge is 0.339 e. The summed E-state index contributed by atoms with van der Waals surface area (Å²) in [7, 11) is 0. The first-order valence-electron chi connectivity index (χ1n) is 6.34. The number of nitrogens with two attached hydrogens (primary N) is 1. The molecule has 1 atom stereocenters. The molecule has 1 aromatic heterocycles. The lowest BCUT2D eigenvalue weighted by Crippen LogP contribution is -2.22. The molecule has 0 aliphatic heterocycles. The molecule has 1 unspecified atom stereocenters. The van der Waals surface area contributed by atoms with E-state index in [1.807, 2.05) is 24.3 Å². The highest BCUT2D eigenvalue weighted by molar-refractivity contribution is 5.54. The van der Waals surface area contributed by atoms with Crippen LogP contribution in [0.15, 0.2) is 28.8 Å². The van der Waals surface area contributed by atoms with E-state index in [0.29, 0.717) is 18.1 Å². The highest BCUT2D eigenvalue weighted by Gasteiger charge is 2.11. The predicted octanol–water partition coefficient (Wildman–Crippen LogP) is 2.71. The van der Waals surface area contributed by atoms with Gasteiger partial charge in [0, 0.05) is 18.0 Å². The van der Waals surface area contributed by atoms with Crippen molar-refractivity contribution in [2.24, 2.45) is 5.73 Å². The molecule has 2 N–H and O–H groups in total. The molecule has 0 bridgehead atoms. The van der Waals surface area contributed by atoms with Crippen molar-refractivity contribution < 1.29 is 4.52 Å². The molecular weight excluding hydrogens is 226 g/mol. The first kappa shape index (κ1) is 12.8. The molecule has 0 aliphatic carbocycles. The van der Waals surface area contributed by atoms with E-state index in [4.69, 9.17) is 10.3 Å². The molecule has 1 aromatic carbocycles. The number of hydrogen-bond donors (Lipinski definition) is 1. The van der Waals surface area contributed by atoms with Crippen LogP contribution >= 0.6 is 0 Å². The molecule has 4 nitrogen and oxygen atoms in total. The van der Waals surface area contributed by atoms with Gasteiger partial charge >= 0.3 is 0 Å². The van der Waals surface area contributed by atoms with Crippen LogP contribution in [-0.4, -0.2) is 16.2 Å². The fourth-order valence-corrected chi connectivity index (χ4v) is 1.85. The standard InChI is InChI=1S/C14H19N3O/c1-3-4-12(15)9-13-16-14(17-18-13)11-7-5-10(2)6-8-11/h5-8,12H,3-4,9,15H2,1-2H3. The van der Waals surface area contributed by atoms with Crippen LogP contribution in [0.5, 0.6) is 0 Å². The molecule has 0 saturated carbocycles. The van der Waals surface area contributed by atoms with E-state index in [-0.39, 0.29) is 6.04 Å². The molecular formula is C14H19N3O. The van der Waals surface area contributed by atoms with E-state index in [1.165, 1.54) is 5.56 Å². The minimum atomic E-state index is 0.0984. The summed E-state index contributed by atoms with van der Waals surface area (Å²) >= 11 is 0. The van der Waals surface area contributed by atoms with E-state index < -0.39 is 0 Å². The SMILES string of the molecule is CCCC(N)Cc1nc(-c2ccc(C)cc2)no1. The van der Waals surface area contributed by atoms with Crippen LogP contribution in [0, 0.1) is 6.92 Å². The van der Waals surface area contributed by atoms with Gasteiger partial charge in [-0.25, -0.2) is 0 Å². The summed E-state index contributed by atoms with van der Waals surface area (Å²) < 4.78 is 5.23. The second-order valence-corrected chi connectivity index (χ2v) is 4.63. The van der Waals surface area contributed by atoms with Crippen molar-refractivity contribution in [2.75, 3.05) is 0 Å². The molecule has 0 saturated heterocycles. The van der Waals surface area contributed by atoms with E-state index in [9.17, 15) is 0 Å². The summed E-state index contributed by atoms with van der Waals surface area (Å²) in [5.41, 5.74) is 8.14. The Balaban J connectivity index is 2.08. The Labute approximate surface area is 107 Å². The number of nitrogens with zero attached hydrogens (tertiary/aromatic N) is 2. The average molecular weight is 245 g/mol. The van der Waals surface area contributed by atoms with Gasteiger partial charge < -0.3 is 10.3 Å². The monoisotopic (exact) mass is 245 g/mol. The Bertz CT molecular complexity index is 490. The van der Waals surface area contributed by atoms with Gasteiger partial charge in [-0.2, -0.15) is 4.98 Å². The first-order chi connectivity index (χ1) is 8.69. The lowest BCUT2D eigenvalue weighted by Gasteiger charge is -2.05. The number of aromatic nitrogens is 2. The summed E-state index contributed by atoms with van der Waals surface area (Å²) in [5.74, 6) is 1.25. The van der Waals surface area contributed by atoms with Crippen molar-refractivity contribution >= 4 is 0 Å². The summed E-state index contributed by atoms with van der Waals surface area (Å²) in [6.07, 6.45) is 2.69. The van der Waals surface area contributed by atoms with Crippen molar-refractivity contribution in [1.29, 1.82) is 0 Å². The minimum absolute atomic E-state index is 0.0984. The van der Waals surface area contributed by atoms with Crippen LogP contribution in [0.1, 0.15) is 31.2 Å². The molecule has 1 heterocycles. The lowest BCUT2D eigenvalue weighted by atomic mass is 10.1. The van der Waals surface area contributed by atoms with E-state index in [2.05, 4.69) is 24.0 Å². The predicted molar refractivity (Wildman–Crippen MR) is 71.1 cm³/mol. The smallest absolute Gasteiger partial charge is 0.228 e. The molecule has 2 rings (SSSR count). The Morgan fingerprint density at radius 1 is 1.28 bits per heavy atom. The molecule has 0 aliphatic rings. The van der Waals surface area contributed by atoms with Gasteiger partial charge in [-0.05, 0) is 13.3 Å². The molecule has 18 heavy (non-hydrogen) atoms. The van der Waals surface area contributed by atoms with Gasteiger partial charge in [0.05, 0.1) is 0 Å². The van der Waals surface area contributed by atoms with Crippen LogP contribution in [0.2, 0.25) is 0 Å². The third-order valence-electron chi connectivity index (χ3n) is 2.87. The molecule has 4 heteroatoms. The van der Waals surface area contributed by atoms with Crippen molar-refractivity contribution in [3.8, 4) is 11.4 Å². The maximum absolute atomic E-state index is 5.96. The van der Waals surface area contributed by atoms with Gasteiger partial charge in [0.15, 0.2) is 0 Å². The van der Waals surface area contributed by atoms with E-state index in [1.54, 1.807) is 0 Å². The van der Waals surface area contributed by atoms with Gasteiger partial charge in [-0.1, -0.05) is 48.3 Å². The maximum Gasteiger partial charge on any atom is 0.228 e. The second-order valence-electron chi connectivity index (χ2n) is 4.63. The summed E-state index contributed by atoms with van der Waals surface area (Å²) in [6.45, 7) is 4.17. The Hall–Kier alpha value is -1.68. The van der Waals surface area contributed by atoms with Crippen LogP contribution in [0.3, 0.4) is 0 Å². The van der Waals surface area contributed by atoms with Crippen LogP contribution in [-0.2, 0) is 6.42 Å². The number of hydrogen-bond acceptors (Lipinski definition) is 4. The topological polar surface area (TPSA) is 64.9 Å². The number of rotatable bonds is 5. The molecule has 0 amide bonds. The van der Waals surface area contributed by atoms with E-state index in [0.717, 1.165) is 18.4 Å². The summed E-state index contributed by atoms with van der Waals surface area (Å²) in [5, 5.41) is 3.99. The fourth-order valence-electron chi connectivity index (χ4n) is 1.85. The zero-order valence-electron chi connectivity index (χ0n) is 10.9. The lowest BCUT2D eigenvalue weighted by molar-refractivity contribution is 0.366. The zero-order valence-corrected chi connectivity index (χ0v) is 10.9. The minimum Gasteiger partial charge on any atom is -0.339 e. The average Bonchev–Trinajstić information content (AvgIpc) is 2.78. The van der Waals surface area contributed by atoms with Crippen molar-refractivity contribution in [2.45, 2.75) is 39.2 Å². The Kier molecular flexibility index (Phi) is 4.10. The first-order valence-corrected chi connectivity index (χ1v) is 6.34. The van der Waals surface area contributed by atoms with Gasteiger partial charge in [-0.3, -0.25) is 0 Å². The molecule has 0 fully saturated rings. The van der Waals surface area contributed by atoms with Crippen molar-refractivity contribution in [1.82, 2.24) is 10.1 Å².